The number of sulfonamides is 1. The second-order valence-electron chi connectivity index (χ2n) is 5.76. The lowest BCUT2D eigenvalue weighted by Gasteiger charge is -2.07. The van der Waals surface area contributed by atoms with Crippen LogP contribution >= 0.6 is 0 Å². The molecule has 8 heteroatoms. The van der Waals surface area contributed by atoms with Crippen LogP contribution in [0.2, 0.25) is 0 Å². The zero-order valence-electron chi connectivity index (χ0n) is 15.2. The molecule has 2 aromatic rings. The molecule has 1 heterocycles. The molecule has 0 fully saturated rings. The fourth-order valence-corrected chi connectivity index (χ4v) is 3.55. The van der Waals surface area contributed by atoms with Crippen molar-refractivity contribution in [3.05, 3.63) is 52.8 Å². The monoisotopic (exact) mass is 378 g/mol. The highest BCUT2D eigenvalue weighted by Crippen LogP contribution is 2.16. The van der Waals surface area contributed by atoms with Crippen LogP contribution in [0.15, 0.2) is 35.2 Å². The van der Waals surface area contributed by atoms with Crippen molar-refractivity contribution in [3.8, 4) is 0 Å². The van der Waals surface area contributed by atoms with Crippen LogP contribution in [-0.2, 0) is 21.3 Å². The normalized spacial score (nSPS) is 11.4. The van der Waals surface area contributed by atoms with Crippen molar-refractivity contribution in [2.24, 2.45) is 0 Å². The number of rotatable bonds is 7. The molecule has 0 spiro atoms. The number of aryl methyl sites for hydroxylation is 1. The van der Waals surface area contributed by atoms with Gasteiger partial charge in [0.2, 0.25) is 15.8 Å². The Bertz CT molecular complexity index is 944. The molecule has 140 valence electrons. The van der Waals surface area contributed by atoms with Crippen molar-refractivity contribution >= 4 is 21.8 Å². The third-order valence-electron chi connectivity index (χ3n) is 4.17. The van der Waals surface area contributed by atoms with Crippen molar-refractivity contribution in [1.29, 1.82) is 0 Å². The van der Waals surface area contributed by atoms with E-state index in [0.29, 0.717) is 5.56 Å². The zero-order chi connectivity index (χ0) is 19.5. The van der Waals surface area contributed by atoms with Gasteiger partial charge in [0.25, 0.3) is 0 Å². The van der Waals surface area contributed by atoms with Gasteiger partial charge in [0.15, 0.2) is 6.61 Å². The number of hydrogen-bond donors (Lipinski definition) is 1. The number of esters is 1. The molecular weight excluding hydrogens is 356 g/mol. The quantitative estimate of drug-likeness (QED) is 0.588. The highest BCUT2D eigenvalue weighted by molar-refractivity contribution is 7.89. The van der Waals surface area contributed by atoms with Crippen LogP contribution in [-0.4, -0.2) is 38.4 Å². The first-order chi connectivity index (χ1) is 12.2. The number of nitrogens with zero attached hydrogens (tertiary/aromatic N) is 1. The molecular formula is C18H22N2O5S. The van der Waals surface area contributed by atoms with E-state index >= 15 is 0 Å². The van der Waals surface area contributed by atoms with Crippen LogP contribution in [0, 0.1) is 13.8 Å². The fraction of sp³-hybridized carbons (Fsp3) is 0.333. The predicted molar refractivity (Wildman–Crippen MR) is 96.9 cm³/mol. The largest absolute Gasteiger partial charge is 0.454 e. The summed E-state index contributed by atoms with van der Waals surface area (Å²) >= 11 is 0. The van der Waals surface area contributed by atoms with E-state index in [1.165, 1.54) is 31.3 Å². The molecule has 0 aliphatic heterocycles. The average molecular weight is 378 g/mol. The predicted octanol–water partition coefficient (Wildman–Crippen LogP) is 2.07. The maximum Gasteiger partial charge on any atom is 0.338 e. The van der Waals surface area contributed by atoms with E-state index in [1.807, 2.05) is 25.3 Å². The van der Waals surface area contributed by atoms with Crippen LogP contribution < -0.4 is 4.72 Å². The molecule has 0 unspecified atom stereocenters. The third-order valence-corrected chi connectivity index (χ3v) is 5.59. The number of ether oxygens (including phenoxy) is 1. The van der Waals surface area contributed by atoms with Crippen molar-refractivity contribution in [3.63, 3.8) is 0 Å². The van der Waals surface area contributed by atoms with Gasteiger partial charge < -0.3 is 9.30 Å². The minimum atomic E-state index is -3.67. The van der Waals surface area contributed by atoms with Crippen molar-refractivity contribution in [2.75, 3.05) is 13.7 Å². The lowest BCUT2D eigenvalue weighted by atomic mass is 10.1. The number of ketones is 1. The first-order valence-corrected chi connectivity index (χ1v) is 9.60. The molecule has 0 bridgehead atoms. The number of carbonyl (C=O) groups is 2. The summed E-state index contributed by atoms with van der Waals surface area (Å²) in [7, 11) is -2.38. The molecule has 1 N–H and O–H groups in total. The molecule has 0 saturated carbocycles. The molecule has 0 aliphatic carbocycles. The first kappa shape index (κ1) is 19.9. The van der Waals surface area contributed by atoms with Crippen LogP contribution in [0.25, 0.3) is 0 Å². The van der Waals surface area contributed by atoms with E-state index in [2.05, 4.69) is 4.72 Å². The topological polar surface area (TPSA) is 94.5 Å². The number of aromatic nitrogens is 1. The minimum absolute atomic E-state index is 0.0488. The summed E-state index contributed by atoms with van der Waals surface area (Å²) in [5, 5.41) is 0. The van der Waals surface area contributed by atoms with Crippen LogP contribution in [0.5, 0.6) is 0 Å². The van der Waals surface area contributed by atoms with Gasteiger partial charge in [0.1, 0.15) is 0 Å². The lowest BCUT2D eigenvalue weighted by molar-refractivity contribution is 0.0474. The smallest absolute Gasteiger partial charge is 0.338 e. The summed E-state index contributed by atoms with van der Waals surface area (Å²) in [5.74, 6) is -1.05. The van der Waals surface area contributed by atoms with Gasteiger partial charge in [0.05, 0.1) is 10.5 Å². The molecule has 0 atom stereocenters. The second-order valence-corrected chi connectivity index (χ2v) is 7.65. The maximum atomic E-state index is 12.4. The Kier molecular flexibility index (Phi) is 5.99. The fourth-order valence-electron chi connectivity index (χ4n) is 2.77. The molecule has 7 nitrogen and oxygen atoms in total. The molecule has 1 aromatic heterocycles. The van der Waals surface area contributed by atoms with Crippen LogP contribution in [0.3, 0.4) is 0 Å². The maximum absolute atomic E-state index is 12.4. The van der Waals surface area contributed by atoms with Gasteiger partial charge in [0, 0.05) is 23.5 Å². The Morgan fingerprint density at radius 2 is 1.88 bits per heavy atom. The van der Waals surface area contributed by atoms with Crippen molar-refractivity contribution < 1.29 is 22.7 Å². The molecule has 2 rings (SSSR count). The van der Waals surface area contributed by atoms with Crippen LogP contribution in [0.4, 0.5) is 0 Å². The van der Waals surface area contributed by atoms with Gasteiger partial charge >= 0.3 is 5.97 Å². The number of nitrogens with one attached hydrogen (secondary N) is 1. The van der Waals surface area contributed by atoms with E-state index in [9.17, 15) is 18.0 Å². The Morgan fingerprint density at radius 3 is 2.46 bits per heavy atom. The molecule has 0 saturated heterocycles. The zero-order valence-corrected chi connectivity index (χ0v) is 16.0. The average Bonchev–Trinajstić information content (AvgIpc) is 2.93. The second kappa shape index (κ2) is 7.84. The Labute approximate surface area is 153 Å². The summed E-state index contributed by atoms with van der Waals surface area (Å²) in [4.78, 5) is 24.5. The third kappa shape index (κ3) is 4.03. The lowest BCUT2D eigenvalue weighted by Crippen LogP contribution is -2.19. The number of Topliss-reactive ketones (excluding diaryl/α,β-unsaturated/α-hetero) is 1. The van der Waals surface area contributed by atoms with Crippen LogP contribution in [0.1, 0.15) is 39.0 Å². The van der Waals surface area contributed by atoms with E-state index in [4.69, 9.17) is 4.74 Å². The molecule has 0 amide bonds. The highest BCUT2D eigenvalue weighted by Gasteiger charge is 2.19. The van der Waals surface area contributed by atoms with Crippen molar-refractivity contribution in [1.82, 2.24) is 9.29 Å². The summed E-state index contributed by atoms with van der Waals surface area (Å²) in [6, 6.07) is 7.23. The summed E-state index contributed by atoms with van der Waals surface area (Å²) < 4.78 is 32.9. The van der Waals surface area contributed by atoms with Gasteiger partial charge in [-0.15, -0.1) is 0 Å². The van der Waals surface area contributed by atoms with Gasteiger partial charge in [-0.25, -0.2) is 17.9 Å². The Hall–Kier alpha value is -2.45. The minimum Gasteiger partial charge on any atom is -0.454 e. The van der Waals surface area contributed by atoms with E-state index in [1.54, 1.807) is 6.07 Å². The van der Waals surface area contributed by atoms with E-state index in [-0.39, 0.29) is 16.2 Å². The standard InChI is InChI=1S/C18H22N2O5S/c1-5-20-12(2)9-16(13(20)3)17(21)11-25-18(22)14-7-6-8-15(10-14)26(23,24)19-4/h6-10,19H,5,11H2,1-4H3. The highest BCUT2D eigenvalue weighted by atomic mass is 32.2. The van der Waals surface area contributed by atoms with Gasteiger partial charge in [-0.2, -0.15) is 0 Å². The van der Waals surface area contributed by atoms with Gasteiger partial charge in [-0.3, -0.25) is 4.79 Å². The molecule has 0 aliphatic rings. The molecule has 0 radical (unpaired) electrons. The van der Waals surface area contributed by atoms with E-state index < -0.39 is 22.6 Å². The number of hydrogen-bond acceptors (Lipinski definition) is 5. The number of carbonyl (C=O) groups excluding carboxylic acids is 2. The summed E-state index contributed by atoms with van der Waals surface area (Å²) in [6.45, 7) is 6.08. The first-order valence-electron chi connectivity index (χ1n) is 8.12. The Morgan fingerprint density at radius 1 is 1.19 bits per heavy atom. The van der Waals surface area contributed by atoms with Gasteiger partial charge in [-0.05, 0) is 52.1 Å². The van der Waals surface area contributed by atoms with E-state index in [0.717, 1.165) is 17.9 Å². The summed E-state index contributed by atoms with van der Waals surface area (Å²) in [6.07, 6.45) is 0. The van der Waals surface area contributed by atoms with Crippen molar-refractivity contribution in [2.45, 2.75) is 32.2 Å². The SMILES string of the molecule is CCn1c(C)cc(C(=O)COC(=O)c2cccc(S(=O)(=O)NC)c2)c1C. The summed E-state index contributed by atoms with van der Waals surface area (Å²) in [5.41, 5.74) is 2.37. The Balaban J connectivity index is 2.12. The molecule has 1 aromatic carbocycles. The number of benzene rings is 1. The van der Waals surface area contributed by atoms with Gasteiger partial charge in [-0.1, -0.05) is 6.07 Å². The molecule has 26 heavy (non-hydrogen) atoms.